The Labute approximate surface area is 176 Å². The lowest BCUT2D eigenvalue weighted by molar-refractivity contribution is -0.123. The topological polar surface area (TPSA) is 79.0 Å². The Morgan fingerprint density at radius 1 is 1.10 bits per heavy atom. The molecule has 0 radical (unpaired) electrons. The molecule has 1 heterocycles. The standard InChI is InChI=1S/C23H27N3O4/c1-4-16-9-7-8-10-18(16)24-21(27)14-26-19-13-17(23(29)25(5-2)6-3)11-12-20(19)30-15-22(26)28/h7-13H,4-6,14-15H2,1-3H3,(H,24,27). The molecule has 0 aromatic heterocycles. The first-order valence-electron chi connectivity index (χ1n) is 10.2. The van der Waals surface area contributed by atoms with Crippen molar-refractivity contribution in [2.75, 3.05) is 36.5 Å². The van der Waals surface area contributed by atoms with Gasteiger partial charge in [-0.1, -0.05) is 25.1 Å². The fraction of sp³-hybridized carbons (Fsp3) is 0.348. The third-order valence-corrected chi connectivity index (χ3v) is 5.17. The van der Waals surface area contributed by atoms with Gasteiger partial charge in [0.15, 0.2) is 6.61 Å². The molecule has 3 rings (SSSR count). The number of nitrogens with one attached hydrogen (secondary N) is 1. The molecule has 0 bridgehead atoms. The number of nitrogens with zero attached hydrogens (tertiary/aromatic N) is 2. The summed E-state index contributed by atoms with van der Waals surface area (Å²) in [7, 11) is 0. The van der Waals surface area contributed by atoms with E-state index in [1.807, 2.05) is 45.0 Å². The summed E-state index contributed by atoms with van der Waals surface area (Å²) >= 11 is 0. The van der Waals surface area contributed by atoms with Crippen LogP contribution in [0.15, 0.2) is 42.5 Å². The molecule has 7 heteroatoms. The second-order valence-electron chi connectivity index (χ2n) is 6.99. The number of rotatable bonds is 7. The lowest BCUT2D eigenvalue weighted by atomic mass is 10.1. The van der Waals surface area contributed by atoms with Gasteiger partial charge in [-0.2, -0.15) is 0 Å². The van der Waals surface area contributed by atoms with Crippen LogP contribution in [0.25, 0.3) is 0 Å². The van der Waals surface area contributed by atoms with Crippen LogP contribution >= 0.6 is 0 Å². The van der Waals surface area contributed by atoms with E-state index in [-0.39, 0.29) is 30.9 Å². The first-order chi connectivity index (χ1) is 14.5. The normalized spacial score (nSPS) is 12.8. The van der Waals surface area contributed by atoms with E-state index in [1.54, 1.807) is 23.1 Å². The number of aryl methyl sites for hydroxylation is 1. The summed E-state index contributed by atoms with van der Waals surface area (Å²) in [6.45, 7) is 6.72. The Morgan fingerprint density at radius 2 is 1.83 bits per heavy atom. The fourth-order valence-electron chi connectivity index (χ4n) is 3.49. The average Bonchev–Trinajstić information content (AvgIpc) is 2.76. The van der Waals surface area contributed by atoms with Gasteiger partial charge < -0.3 is 15.0 Å². The molecule has 0 aliphatic carbocycles. The minimum Gasteiger partial charge on any atom is -0.482 e. The highest BCUT2D eigenvalue weighted by molar-refractivity contribution is 6.06. The number of fused-ring (bicyclic) bond motifs is 1. The van der Waals surface area contributed by atoms with Crippen LogP contribution in [0.5, 0.6) is 5.75 Å². The zero-order chi connectivity index (χ0) is 21.7. The SMILES string of the molecule is CCc1ccccc1NC(=O)CN1C(=O)COc2ccc(C(=O)N(CC)CC)cc21. The van der Waals surface area contributed by atoms with Crippen molar-refractivity contribution in [3.63, 3.8) is 0 Å². The van der Waals surface area contributed by atoms with Gasteiger partial charge in [0, 0.05) is 24.3 Å². The monoisotopic (exact) mass is 409 g/mol. The van der Waals surface area contributed by atoms with Gasteiger partial charge in [0.1, 0.15) is 12.3 Å². The maximum atomic E-state index is 12.7. The van der Waals surface area contributed by atoms with Gasteiger partial charge in [-0.05, 0) is 50.1 Å². The Bertz CT molecular complexity index is 953. The molecule has 3 amide bonds. The van der Waals surface area contributed by atoms with Crippen LogP contribution in [0, 0.1) is 0 Å². The third-order valence-electron chi connectivity index (χ3n) is 5.17. The van der Waals surface area contributed by atoms with E-state index in [0.29, 0.717) is 30.1 Å². The summed E-state index contributed by atoms with van der Waals surface area (Å²) in [6, 6.07) is 12.6. The molecule has 1 aliphatic heterocycles. The van der Waals surface area contributed by atoms with Crippen molar-refractivity contribution in [1.29, 1.82) is 0 Å². The lowest BCUT2D eigenvalue weighted by Crippen LogP contribution is -2.43. The van der Waals surface area contributed by atoms with E-state index in [2.05, 4.69) is 5.32 Å². The number of benzene rings is 2. The maximum absolute atomic E-state index is 12.7. The zero-order valence-corrected chi connectivity index (χ0v) is 17.6. The van der Waals surface area contributed by atoms with Crippen molar-refractivity contribution in [3.05, 3.63) is 53.6 Å². The Balaban J connectivity index is 1.84. The molecule has 0 spiro atoms. The van der Waals surface area contributed by atoms with Crippen molar-refractivity contribution in [2.45, 2.75) is 27.2 Å². The molecule has 0 unspecified atom stereocenters. The highest BCUT2D eigenvalue weighted by atomic mass is 16.5. The van der Waals surface area contributed by atoms with E-state index in [0.717, 1.165) is 17.7 Å². The molecule has 7 nitrogen and oxygen atoms in total. The summed E-state index contributed by atoms with van der Waals surface area (Å²) in [5.41, 5.74) is 2.64. The number of para-hydroxylation sites is 1. The zero-order valence-electron chi connectivity index (χ0n) is 17.6. The van der Waals surface area contributed by atoms with E-state index in [1.165, 1.54) is 4.90 Å². The van der Waals surface area contributed by atoms with Crippen LogP contribution in [-0.2, 0) is 16.0 Å². The maximum Gasteiger partial charge on any atom is 0.265 e. The molecule has 0 atom stereocenters. The first-order valence-corrected chi connectivity index (χ1v) is 10.2. The largest absolute Gasteiger partial charge is 0.482 e. The van der Waals surface area contributed by atoms with Gasteiger partial charge in [-0.25, -0.2) is 0 Å². The second-order valence-corrected chi connectivity index (χ2v) is 6.99. The average molecular weight is 409 g/mol. The van der Waals surface area contributed by atoms with Crippen LogP contribution in [0.3, 0.4) is 0 Å². The summed E-state index contributed by atoms with van der Waals surface area (Å²) in [5, 5.41) is 2.89. The Morgan fingerprint density at radius 3 is 2.53 bits per heavy atom. The summed E-state index contributed by atoms with van der Waals surface area (Å²) in [6.07, 6.45) is 0.784. The molecule has 2 aromatic carbocycles. The number of hydrogen-bond donors (Lipinski definition) is 1. The van der Waals surface area contributed by atoms with Crippen LogP contribution in [0.4, 0.5) is 11.4 Å². The van der Waals surface area contributed by atoms with Gasteiger partial charge in [-0.15, -0.1) is 0 Å². The van der Waals surface area contributed by atoms with Crippen LogP contribution in [0.1, 0.15) is 36.7 Å². The molecule has 0 saturated heterocycles. The Kier molecular flexibility index (Phi) is 6.72. The van der Waals surface area contributed by atoms with E-state index in [9.17, 15) is 14.4 Å². The molecular weight excluding hydrogens is 382 g/mol. The molecule has 1 aliphatic rings. The molecule has 0 fully saturated rings. The number of anilines is 2. The molecule has 2 aromatic rings. The summed E-state index contributed by atoms with van der Waals surface area (Å²) in [5.74, 6) is -0.277. The smallest absolute Gasteiger partial charge is 0.265 e. The van der Waals surface area contributed by atoms with Gasteiger partial charge in [-0.3, -0.25) is 19.3 Å². The van der Waals surface area contributed by atoms with Crippen molar-refractivity contribution in [1.82, 2.24) is 4.90 Å². The van der Waals surface area contributed by atoms with Crippen molar-refractivity contribution in [3.8, 4) is 5.75 Å². The van der Waals surface area contributed by atoms with Gasteiger partial charge in [0.05, 0.1) is 5.69 Å². The minimum atomic E-state index is -0.325. The van der Waals surface area contributed by atoms with E-state index < -0.39 is 0 Å². The van der Waals surface area contributed by atoms with Crippen molar-refractivity contribution in [2.24, 2.45) is 0 Å². The van der Waals surface area contributed by atoms with Crippen LogP contribution < -0.4 is 15.0 Å². The second kappa shape index (κ2) is 9.43. The molecular formula is C23H27N3O4. The minimum absolute atomic E-state index is 0.123. The predicted octanol–water partition coefficient (Wildman–Crippen LogP) is 3.10. The van der Waals surface area contributed by atoms with E-state index >= 15 is 0 Å². The highest BCUT2D eigenvalue weighted by Crippen LogP contribution is 2.33. The fourth-order valence-corrected chi connectivity index (χ4v) is 3.49. The number of hydrogen-bond acceptors (Lipinski definition) is 4. The van der Waals surface area contributed by atoms with Crippen molar-refractivity contribution < 1.29 is 19.1 Å². The molecule has 0 saturated carbocycles. The van der Waals surface area contributed by atoms with Gasteiger partial charge in [0.2, 0.25) is 5.91 Å². The highest BCUT2D eigenvalue weighted by Gasteiger charge is 2.29. The number of carbonyl (C=O) groups excluding carboxylic acids is 3. The van der Waals surface area contributed by atoms with E-state index in [4.69, 9.17) is 4.74 Å². The summed E-state index contributed by atoms with van der Waals surface area (Å²) in [4.78, 5) is 41.0. The number of ether oxygens (including phenoxy) is 1. The number of amides is 3. The summed E-state index contributed by atoms with van der Waals surface area (Å²) < 4.78 is 5.50. The van der Waals surface area contributed by atoms with Crippen LogP contribution in [-0.4, -0.2) is 48.9 Å². The Hall–Kier alpha value is -3.35. The lowest BCUT2D eigenvalue weighted by Gasteiger charge is -2.29. The predicted molar refractivity (Wildman–Crippen MR) is 116 cm³/mol. The quantitative estimate of drug-likeness (QED) is 0.762. The van der Waals surface area contributed by atoms with Crippen LogP contribution in [0.2, 0.25) is 0 Å². The molecule has 1 N–H and O–H groups in total. The first kappa shape index (κ1) is 21.4. The molecule has 30 heavy (non-hydrogen) atoms. The van der Waals surface area contributed by atoms with Gasteiger partial charge in [0.25, 0.3) is 11.8 Å². The van der Waals surface area contributed by atoms with Gasteiger partial charge >= 0.3 is 0 Å². The third kappa shape index (κ3) is 4.45. The number of carbonyl (C=O) groups is 3. The molecule has 158 valence electrons. The van der Waals surface area contributed by atoms with Crippen molar-refractivity contribution >= 4 is 29.1 Å².